The Morgan fingerprint density at radius 2 is 1.86 bits per heavy atom. The number of hydrogen-bond donors (Lipinski definition) is 3. The molecule has 2 fully saturated rings. The van der Waals surface area contributed by atoms with Gasteiger partial charge in [0.25, 0.3) is 0 Å². The number of carboxylic acid groups (broad SMARTS) is 1. The second kappa shape index (κ2) is 8.63. The molecule has 154 valence electrons. The number of carbonyl (C=O) groups is 2. The zero-order valence-corrected chi connectivity index (χ0v) is 16.4. The van der Waals surface area contributed by atoms with E-state index in [9.17, 15) is 9.59 Å². The SMILES string of the molecule is O=C(O)C1CCC(NC(=O)N2CCCC(c3nc(-c4ccccc4)n[nH]3)C2)CC1. The van der Waals surface area contributed by atoms with Gasteiger partial charge in [0, 0.05) is 30.6 Å². The lowest BCUT2D eigenvalue weighted by molar-refractivity contribution is -0.142. The standard InChI is InChI=1S/C21H27N5O3/c27-20(28)15-8-10-17(11-9-15)22-21(29)26-12-4-7-16(13-26)19-23-18(24-25-19)14-5-2-1-3-6-14/h1-3,5-6,15-17H,4,7-13H2,(H,22,29)(H,27,28)(H,23,24,25). The van der Waals surface area contributed by atoms with E-state index in [0.717, 1.165) is 43.6 Å². The molecule has 2 aromatic rings. The summed E-state index contributed by atoms with van der Waals surface area (Å²) in [7, 11) is 0. The van der Waals surface area contributed by atoms with Crippen LogP contribution in [0.15, 0.2) is 30.3 Å². The van der Waals surface area contributed by atoms with Crippen LogP contribution < -0.4 is 5.32 Å². The molecule has 4 rings (SSSR count). The summed E-state index contributed by atoms with van der Waals surface area (Å²) in [5.41, 5.74) is 0.970. The van der Waals surface area contributed by atoms with E-state index in [1.807, 2.05) is 35.2 Å². The van der Waals surface area contributed by atoms with Gasteiger partial charge in [-0.3, -0.25) is 9.89 Å². The number of carbonyl (C=O) groups excluding carboxylic acids is 1. The van der Waals surface area contributed by atoms with Crippen molar-refractivity contribution >= 4 is 12.0 Å². The molecule has 1 atom stereocenters. The van der Waals surface area contributed by atoms with Crippen molar-refractivity contribution in [2.75, 3.05) is 13.1 Å². The second-order valence-electron chi connectivity index (χ2n) is 8.03. The van der Waals surface area contributed by atoms with Gasteiger partial charge in [-0.15, -0.1) is 0 Å². The Labute approximate surface area is 169 Å². The Bertz CT molecular complexity index is 845. The summed E-state index contributed by atoms with van der Waals surface area (Å²) in [5.74, 6) is 0.645. The number of aromatic nitrogens is 3. The minimum atomic E-state index is -0.726. The molecule has 29 heavy (non-hydrogen) atoms. The fourth-order valence-electron chi connectivity index (χ4n) is 4.31. The van der Waals surface area contributed by atoms with Crippen LogP contribution in [0.2, 0.25) is 0 Å². The van der Waals surface area contributed by atoms with E-state index < -0.39 is 5.97 Å². The molecule has 1 aromatic heterocycles. The van der Waals surface area contributed by atoms with Gasteiger partial charge in [-0.2, -0.15) is 5.10 Å². The van der Waals surface area contributed by atoms with Crippen molar-refractivity contribution in [1.29, 1.82) is 0 Å². The lowest BCUT2D eigenvalue weighted by atomic mass is 9.86. The number of rotatable bonds is 4. The molecule has 1 aliphatic carbocycles. The van der Waals surface area contributed by atoms with Gasteiger partial charge < -0.3 is 15.3 Å². The van der Waals surface area contributed by atoms with E-state index >= 15 is 0 Å². The lowest BCUT2D eigenvalue weighted by Crippen LogP contribution is -2.49. The Morgan fingerprint density at radius 1 is 1.10 bits per heavy atom. The number of H-pyrrole nitrogens is 1. The van der Waals surface area contributed by atoms with Gasteiger partial charge in [0.15, 0.2) is 5.82 Å². The maximum atomic E-state index is 12.7. The van der Waals surface area contributed by atoms with Gasteiger partial charge in [0.2, 0.25) is 0 Å². The minimum absolute atomic E-state index is 0.0590. The number of benzene rings is 1. The van der Waals surface area contributed by atoms with Crippen LogP contribution in [0.5, 0.6) is 0 Å². The van der Waals surface area contributed by atoms with Gasteiger partial charge in [-0.1, -0.05) is 30.3 Å². The number of urea groups is 1. The second-order valence-corrected chi connectivity index (χ2v) is 8.03. The first-order valence-electron chi connectivity index (χ1n) is 10.4. The topological polar surface area (TPSA) is 111 Å². The molecule has 0 spiro atoms. The van der Waals surface area contributed by atoms with Crippen molar-refractivity contribution in [2.24, 2.45) is 5.92 Å². The van der Waals surface area contributed by atoms with Crippen molar-refractivity contribution in [3.8, 4) is 11.4 Å². The number of hydrogen-bond acceptors (Lipinski definition) is 4. The van der Waals surface area contributed by atoms with E-state index in [4.69, 9.17) is 5.11 Å². The average molecular weight is 397 g/mol. The first-order valence-corrected chi connectivity index (χ1v) is 10.4. The Hall–Kier alpha value is -2.90. The maximum Gasteiger partial charge on any atom is 0.317 e. The normalized spacial score (nSPS) is 24.8. The number of nitrogens with one attached hydrogen (secondary N) is 2. The van der Waals surface area contributed by atoms with Gasteiger partial charge in [0.1, 0.15) is 5.82 Å². The minimum Gasteiger partial charge on any atom is -0.481 e. The molecule has 1 saturated heterocycles. The molecule has 2 heterocycles. The number of carboxylic acids is 1. The summed E-state index contributed by atoms with van der Waals surface area (Å²) in [6, 6.07) is 9.84. The van der Waals surface area contributed by atoms with E-state index in [0.29, 0.717) is 25.2 Å². The molecular formula is C21H27N5O3. The van der Waals surface area contributed by atoms with Crippen LogP contribution in [0.3, 0.4) is 0 Å². The van der Waals surface area contributed by atoms with Crippen LogP contribution in [0.4, 0.5) is 4.79 Å². The molecule has 1 aromatic carbocycles. The Morgan fingerprint density at radius 3 is 2.59 bits per heavy atom. The highest BCUT2D eigenvalue weighted by molar-refractivity contribution is 5.75. The predicted molar refractivity (Wildman–Crippen MR) is 107 cm³/mol. The zero-order chi connectivity index (χ0) is 20.2. The first-order chi connectivity index (χ1) is 14.1. The monoisotopic (exact) mass is 397 g/mol. The van der Waals surface area contributed by atoms with Crippen LogP contribution in [-0.2, 0) is 4.79 Å². The summed E-state index contributed by atoms with van der Waals surface area (Å²) in [6.07, 6.45) is 4.60. The van der Waals surface area contributed by atoms with E-state index in [1.165, 1.54) is 0 Å². The summed E-state index contributed by atoms with van der Waals surface area (Å²) < 4.78 is 0. The van der Waals surface area contributed by atoms with Crippen LogP contribution in [0.25, 0.3) is 11.4 Å². The molecule has 0 radical (unpaired) electrons. The number of nitrogens with zero attached hydrogens (tertiary/aromatic N) is 3. The first kappa shape index (κ1) is 19.4. The summed E-state index contributed by atoms with van der Waals surface area (Å²) in [4.78, 5) is 30.3. The van der Waals surface area contributed by atoms with Crippen LogP contribution in [-0.4, -0.2) is 56.3 Å². The lowest BCUT2D eigenvalue weighted by Gasteiger charge is -2.34. The molecule has 1 unspecified atom stereocenters. The molecule has 2 aliphatic rings. The van der Waals surface area contributed by atoms with Gasteiger partial charge in [0.05, 0.1) is 5.92 Å². The average Bonchev–Trinajstić information content (AvgIpc) is 3.25. The van der Waals surface area contributed by atoms with Crippen molar-refractivity contribution in [3.63, 3.8) is 0 Å². The smallest absolute Gasteiger partial charge is 0.317 e. The molecule has 8 nitrogen and oxygen atoms in total. The molecule has 2 amide bonds. The third-order valence-electron chi connectivity index (χ3n) is 6.03. The number of aliphatic carboxylic acids is 1. The molecule has 1 saturated carbocycles. The van der Waals surface area contributed by atoms with Crippen molar-refractivity contribution in [2.45, 2.75) is 50.5 Å². The van der Waals surface area contributed by atoms with E-state index in [-0.39, 0.29) is 23.9 Å². The van der Waals surface area contributed by atoms with Crippen molar-refractivity contribution in [1.82, 2.24) is 25.4 Å². The number of likely N-dealkylation sites (tertiary alicyclic amines) is 1. The summed E-state index contributed by atoms with van der Waals surface area (Å²) in [5, 5.41) is 19.6. The third kappa shape index (κ3) is 4.58. The van der Waals surface area contributed by atoms with Crippen LogP contribution >= 0.6 is 0 Å². The summed E-state index contributed by atoms with van der Waals surface area (Å²) in [6.45, 7) is 1.34. The highest BCUT2D eigenvalue weighted by Crippen LogP contribution is 2.27. The fourth-order valence-corrected chi connectivity index (χ4v) is 4.31. The van der Waals surface area contributed by atoms with Gasteiger partial charge in [-0.25, -0.2) is 9.78 Å². The number of amides is 2. The molecule has 0 bridgehead atoms. The highest BCUT2D eigenvalue weighted by Gasteiger charge is 2.30. The Kier molecular flexibility index (Phi) is 5.78. The molecular weight excluding hydrogens is 370 g/mol. The van der Waals surface area contributed by atoms with Crippen LogP contribution in [0.1, 0.15) is 50.3 Å². The van der Waals surface area contributed by atoms with Crippen LogP contribution in [0, 0.1) is 5.92 Å². The number of piperidine rings is 1. The summed E-state index contributed by atoms with van der Waals surface area (Å²) >= 11 is 0. The third-order valence-corrected chi connectivity index (χ3v) is 6.03. The maximum absolute atomic E-state index is 12.7. The quantitative estimate of drug-likeness (QED) is 0.734. The predicted octanol–water partition coefficient (Wildman–Crippen LogP) is 3.00. The largest absolute Gasteiger partial charge is 0.481 e. The van der Waals surface area contributed by atoms with Crippen molar-refractivity contribution < 1.29 is 14.7 Å². The fraction of sp³-hybridized carbons (Fsp3) is 0.524. The van der Waals surface area contributed by atoms with Gasteiger partial charge in [-0.05, 0) is 38.5 Å². The zero-order valence-electron chi connectivity index (χ0n) is 16.4. The highest BCUT2D eigenvalue weighted by atomic mass is 16.4. The number of aromatic amines is 1. The van der Waals surface area contributed by atoms with Crippen molar-refractivity contribution in [3.05, 3.63) is 36.2 Å². The van der Waals surface area contributed by atoms with E-state index in [2.05, 4.69) is 20.5 Å². The molecule has 8 heteroatoms. The molecule has 1 aliphatic heterocycles. The van der Waals surface area contributed by atoms with E-state index in [1.54, 1.807) is 0 Å². The van der Waals surface area contributed by atoms with Gasteiger partial charge >= 0.3 is 12.0 Å². The Balaban J connectivity index is 1.33. The molecule has 3 N–H and O–H groups in total.